The molecular weight excluding hydrogens is 288 g/mol. The number of esters is 1. The first-order chi connectivity index (χ1) is 10.1. The molecule has 1 aliphatic rings. The first kappa shape index (κ1) is 13.9. The van der Waals surface area contributed by atoms with Gasteiger partial charge in [-0.3, -0.25) is 0 Å². The van der Waals surface area contributed by atoms with Crippen LogP contribution in [0.4, 0.5) is 4.79 Å². The zero-order valence-electron chi connectivity index (χ0n) is 11.5. The second-order valence-corrected chi connectivity index (χ2v) is 6.16. The molecule has 0 saturated carbocycles. The number of ether oxygens (including phenoxy) is 1. The zero-order chi connectivity index (χ0) is 14.8. The number of fused-ring (bicyclic) bond motifs is 1. The molecule has 6 heteroatoms. The van der Waals surface area contributed by atoms with Crippen LogP contribution in [0.5, 0.6) is 0 Å². The Morgan fingerprint density at radius 2 is 2.19 bits per heavy atom. The topological polar surface area (TPSA) is 72.6 Å². The number of carbonyl (C=O) groups is 2. The van der Waals surface area contributed by atoms with Gasteiger partial charge in [-0.05, 0) is 30.4 Å². The highest BCUT2D eigenvalue weighted by atomic mass is 32.1. The number of hydrogen-bond donors (Lipinski definition) is 1. The van der Waals surface area contributed by atoms with Gasteiger partial charge in [-0.2, -0.15) is 0 Å². The second kappa shape index (κ2) is 5.73. The van der Waals surface area contributed by atoms with E-state index in [2.05, 4.69) is 0 Å². The number of urea groups is 1. The van der Waals surface area contributed by atoms with Crippen LogP contribution in [0.15, 0.2) is 30.3 Å². The van der Waals surface area contributed by atoms with Gasteiger partial charge in [-0.15, -0.1) is 11.3 Å². The lowest BCUT2D eigenvalue weighted by Gasteiger charge is -2.21. The van der Waals surface area contributed by atoms with Gasteiger partial charge in [-0.1, -0.05) is 18.2 Å². The molecule has 3 rings (SSSR count). The summed E-state index contributed by atoms with van der Waals surface area (Å²) >= 11 is 1.42. The fourth-order valence-electron chi connectivity index (χ4n) is 2.62. The molecule has 1 aliphatic heterocycles. The van der Waals surface area contributed by atoms with Gasteiger partial charge in [0, 0.05) is 11.2 Å². The number of hydrogen-bond acceptors (Lipinski definition) is 4. The van der Waals surface area contributed by atoms with E-state index in [0.29, 0.717) is 11.4 Å². The number of amides is 2. The van der Waals surface area contributed by atoms with Gasteiger partial charge < -0.3 is 15.4 Å². The summed E-state index contributed by atoms with van der Waals surface area (Å²) < 4.78 is 6.40. The fourth-order valence-corrected chi connectivity index (χ4v) is 3.58. The van der Waals surface area contributed by atoms with E-state index in [1.807, 2.05) is 30.3 Å². The van der Waals surface area contributed by atoms with E-state index in [1.165, 1.54) is 11.3 Å². The monoisotopic (exact) mass is 304 g/mol. The third-order valence-electron chi connectivity index (χ3n) is 3.69. The Labute approximate surface area is 126 Å². The number of likely N-dealkylation sites (tertiary alicyclic amines) is 1. The molecule has 0 aliphatic carbocycles. The minimum absolute atomic E-state index is 0.0965. The molecule has 2 aromatic rings. The largest absolute Gasteiger partial charge is 0.459 e. The molecule has 0 radical (unpaired) electrons. The van der Waals surface area contributed by atoms with Crippen molar-refractivity contribution in [3.8, 4) is 0 Å². The van der Waals surface area contributed by atoms with Crippen LogP contribution in [0.1, 0.15) is 22.5 Å². The van der Waals surface area contributed by atoms with Crippen molar-refractivity contribution < 1.29 is 14.3 Å². The lowest BCUT2D eigenvalue weighted by molar-refractivity contribution is 0.0428. The Morgan fingerprint density at radius 3 is 2.95 bits per heavy atom. The number of carbonyl (C=O) groups excluding carboxylic acids is 2. The van der Waals surface area contributed by atoms with Gasteiger partial charge in [0.15, 0.2) is 0 Å². The SMILES string of the molecule is NC(=O)N1CCCC1COC(=O)c1cc2ccccc2s1. The molecule has 1 unspecified atom stereocenters. The Morgan fingerprint density at radius 1 is 1.38 bits per heavy atom. The zero-order valence-corrected chi connectivity index (χ0v) is 12.3. The number of benzene rings is 1. The maximum atomic E-state index is 12.1. The van der Waals surface area contributed by atoms with Crippen LogP contribution in [0, 0.1) is 0 Å². The molecule has 2 N–H and O–H groups in total. The molecule has 0 bridgehead atoms. The average molecular weight is 304 g/mol. The summed E-state index contributed by atoms with van der Waals surface area (Å²) in [6.45, 7) is 0.844. The number of thiophene rings is 1. The van der Waals surface area contributed by atoms with Gasteiger partial charge in [0.25, 0.3) is 0 Å². The van der Waals surface area contributed by atoms with Crippen molar-refractivity contribution in [2.45, 2.75) is 18.9 Å². The standard InChI is InChI=1S/C15H16N2O3S/c16-15(19)17-7-3-5-11(17)9-20-14(18)13-8-10-4-1-2-6-12(10)21-13/h1-2,4,6,8,11H,3,5,7,9H2,(H2,16,19). The third-order valence-corrected chi connectivity index (χ3v) is 4.79. The van der Waals surface area contributed by atoms with Crippen molar-refractivity contribution in [1.82, 2.24) is 4.90 Å². The van der Waals surface area contributed by atoms with E-state index in [1.54, 1.807) is 4.90 Å². The van der Waals surface area contributed by atoms with Crippen molar-refractivity contribution in [1.29, 1.82) is 0 Å². The summed E-state index contributed by atoms with van der Waals surface area (Å²) in [4.78, 5) is 25.5. The Hall–Kier alpha value is -2.08. The smallest absolute Gasteiger partial charge is 0.348 e. The van der Waals surface area contributed by atoms with Gasteiger partial charge in [0.2, 0.25) is 0 Å². The lowest BCUT2D eigenvalue weighted by atomic mass is 10.2. The predicted molar refractivity (Wildman–Crippen MR) is 81.4 cm³/mol. The molecule has 1 atom stereocenters. The molecule has 0 spiro atoms. The summed E-state index contributed by atoms with van der Waals surface area (Å²) in [7, 11) is 0. The van der Waals surface area contributed by atoms with Crippen molar-refractivity contribution in [3.05, 3.63) is 35.2 Å². The molecule has 1 aromatic carbocycles. The fraction of sp³-hybridized carbons (Fsp3) is 0.333. The maximum Gasteiger partial charge on any atom is 0.348 e. The summed E-state index contributed by atoms with van der Waals surface area (Å²) in [5.74, 6) is -0.340. The number of rotatable bonds is 3. The van der Waals surface area contributed by atoms with Crippen LogP contribution >= 0.6 is 11.3 Å². The first-order valence-corrected chi connectivity index (χ1v) is 7.68. The molecular formula is C15H16N2O3S. The van der Waals surface area contributed by atoms with E-state index in [0.717, 1.165) is 22.9 Å². The van der Waals surface area contributed by atoms with Crippen LogP contribution in [-0.2, 0) is 4.74 Å². The maximum absolute atomic E-state index is 12.1. The first-order valence-electron chi connectivity index (χ1n) is 6.87. The van der Waals surface area contributed by atoms with Crippen LogP contribution in [0.2, 0.25) is 0 Å². The molecule has 2 heterocycles. The Bertz CT molecular complexity index is 649. The Kier molecular flexibility index (Phi) is 3.79. The van der Waals surface area contributed by atoms with Gasteiger partial charge >= 0.3 is 12.0 Å². The minimum atomic E-state index is -0.449. The number of primary amides is 1. The molecule has 1 fully saturated rings. The molecule has 2 amide bonds. The van der Waals surface area contributed by atoms with Crippen molar-refractivity contribution in [2.24, 2.45) is 5.73 Å². The molecule has 1 saturated heterocycles. The van der Waals surface area contributed by atoms with Crippen molar-refractivity contribution >= 4 is 33.4 Å². The van der Waals surface area contributed by atoms with E-state index in [4.69, 9.17) is 10.5 Å². The highest BCUT2D eigenvalue weighted by Gasteiger charge is 2.28. The molecule has 21 heavy (non-hydrogen) atoms. The van der Waals surface area contributed by atoms with Crippen LogP contribution in [-0.4, -0.2) is 36.1 Å². The van der Waals surface area contributed by atoms with E-state index in [9.17, 15) is 9.59 Å². The second-order valence-electron chi connectivity index (χ2n) is 5.07. The van der Waals surface area contributed by atoms with Crippen LogP contribution in [0.3, 0.4) is 0 Å². The van der Waals surface area contributed by atoms with E-state index < -0.39 is 6.03 Å². The third kappa shape index (κ3) is 2.85. The highest BCUT2D eigenvalue weighted by molar-refractivity contribution is 7.20. The van der Waals surface area contributed by atoms with Gasteiger partial charge in [-0.25, -0.2) is 9.59 Å². The van der Waals surface area contributed by atoms with E-state index in [-0.39, 0.29) is 18.6 Å². The summed E-state index contributed by atoms with van der Waals surface area (Å²) in [5.41, 5.74) is 5.31. The normalized spacial score (nSPS) is 18.1. The van der Waals surface area contributed by atoms with Crippen LogP contribution in [0.25, 0.3) is 10.1 Å². The molecule has 1 aromatic heterocycles. The highest BCUT2D eigenvalue weighted by Crippen LogP contribution is 2.26. The number of nitrogens with two attached hydrogens (primary N) is 1. The predicted octanol–water partition coefficient (Wildman–Crippen LogP) is 2.60. The summed E-state index contributed by atoms with van der Waals surface area (Å²) in [6.07, 6.45) is 1.72. The average Bonchev–Trinajstić information content (AvgIpc) is 3.10. The van der Waals surface area contributed by atoms with E-state index >= 15 is 0 Å². The summed E-state index contributed by atoms with van der Waals surface area (Å²) in [6, 6.07) is 9.11. The van der Waals surface area contributed by atoms with Crippen LogP contribution < -0.4 is 5.73 Å². The van der Waals surface area contributed by atoms with Crippen molar-refractivity contribution in [2.75, 3.05) is 13.2 Å². The number of nitrogens with zero attached hydrogens (tertiary/aromatic N) is 1. The molecule has 5 nitrogen and oxygen atoms in total. The minimum Gasteiger partial charge on any atom is -0.459 e. The lowest BCUT2D eigenvalue weighted by Crippen LogP contribution is -2.41. The van der Waals surface area contributed by atoms with Crippen molar-refractivity contribution in [3.63, 3.8) is 0 Å². The van der Waals surface area contributed by atoms with Gasteiger partial charge in [0.1, 0.15) is 11.5 Å². The van der Waals surface area contributed by atoms with Gasteiger partial charge in [0.05, 0.1) is 6.04 Å². The molecule has 110 valence electrons. The quantitative estimate of drug-likeness (QED) is 0.886. The summed E-state index contributed by atoms with van der Waals surface area (Å²) in [5, 5.41) is 1.04. The Balaban J connectivity index is 1.65.